The molecule has 1 fully saturated rings. The van der Waals surface area contributed by atoms with Gasteiger partial charge in [0.25, 0.3) is 5.91 Å². The number of carbonyl (C=O) groups excluding carboxylic acids is 1. The van der Waals surface area contributed by atoms with Gasteiger partial charge in [-0.25, -0.2) is 4.68 Å². The van der Waals surface area contributed by atoms with E-state index in [9.17, 15) is 9.90 Å². The first kappa shape index (κ1) is 21.0. The lowest BCUT2D eigenvalue weighted by molar-refractivity contribution is 0.0714. The molecule has 0 atom stereocenters. The van der Waals surface area contributed by atoms with Crippen LogP contribution >= 0.6 is 0 Å². The molecule has 33 heavy (non-hydrogen) atoms. The van der Waals surface area contributed by atoms with Crippen LogP contribution in [0.5, 0.6) is 0 Å². The number of anilines is 2. The van der Waals surface area contributed by atoms with Crippen LogP contribution in [-0.2, 0) is 0 Å². The number of carbonyl (C=O) groups is 1. The van der Waals surface area contributed by atoms with Gasteiger partial charge < -0.3 is 24.6 Å². The molecule has 1 aromatic carbocycles. The van der Waals surface area contributed by atoms with E-state index in [1.165, 1.54) is 6.26 Å². The van der Waals surface area contributed by atoms with Crippen molar-refractivity contribution in [3.8, 4) is 5.69 Å². The van der Waals surface area contributed by atoms with Crippen molar-refractivity contribution in [2.24, 2.45) is 0 Å². The zero-order chi connectivity index (χ0) is 22.8. The fraction of sp³-hybridized carbons (Fsp3) is 0.304. The van der Waals surface area contributed by atoms with Crippen LogP contribution in [-0.4, -0.2) is 75.0 Å². The van der Waals surface area contributed by atoms with E-state index in [4.69, 9.17) is 14.4 Å². The molecule has 1 aliphatic heterocycles. The number of aryl methyl sites for hydroxylation is 1. The molecule has 10 heteroatoms. The Hall–Kier alpha value is -3.92. The Labute approximate surface area is 190 Å². The Bertz CT molecular complexity index is 1240. The Morgan fingerprint density at radius 1 is 1.12 bits per heavy atom. The molecular formula is C23H25N7O3. The van der Waals surface area contributed by atoms with Gasteiger partial charge in [0.15, 0.2) is 11.4 Å². The summed E-state index contributed by atoms with van der Waals surface area (Å²) < 4.78 is 7.04. The lowest BCUT2D eigenvalue weighted by Crippen LogP contribution is -2.49. The first-order chi connectivity index (χ1) is 16.1. The van der Waals surface area contributed by atoms with E-state index in [0.29, 0.717) is 55.9 Å². The van der Waals surface area contributed by atoms with Crippen LogP contribution in [0.2, 0.25) is 0 Å². The normalized spacial score (nSPS) is 14.1. The molecule has 1 aliphatic rings. The third-order valence-electron chi connectivity index (χ3n) is 5.68. The minimum atomic E-state index is -0.112. The molecule has 0 spiro atoms. The molecule has 170 valence electrons. The van der Waals surface area contributed by atoms with Crippen LogP contribution in [0.3, 0.4) is 0 Å². The summed E-state index contributed by atoms with van der Waals surface area (Å²) in [5, 5.41) is 17.8. The van der Waals surface area contributed by atoms with Crippen LogP contribution in [0.25, 0.3) is 16.7 Å². The fourth-order valence-corrected chi connectivity index (χ4v) is 3.89. The number of furan rings is 1. The Kier molecular flexibility index (Phi) is 5.66. The lowest BCUT2D eigenvalue weighted by Gasteiger charge is -2.34. The van der Waals surface area contributed by atoms with Gasteiger partial charge in [0.1, 0.15) is 5.82 Å². The van der Waals surface area contributed by atoms with Gasteiger partial charge in [0.05, 0.1) is 30.1 Å². The number of rotatable bonds is 6. The van der Waals surface area contributed by atoms with Crippen molar-refractivity contribution in [1.29, 1.82) is 0 Å². The number of piperazine rings is 1. The van der Waals surface area contributed by atoms with E-state index in [1.54, 1.807) is 27.9 Å². The third kappa shape index (κ3) is 4.12. The van der Waals surface area contributed by atoms with Gasteiger partial charge in [-0.3, -0.25) is 4.79 Å². The van der Waals surface area contributed by atoms with Crippen LogP contribution in [0.15, 0.2) is 53.3 Å². The average molecular weight is 447 g/mol. The molecule has 0 aliphatic carbocycles. The van der Waals surface area contributed by atoms with E-state index < -0.39 is 0 Å². The number of benzene rings is 1. The average Bonchev–Trinajstić information content (AvgIpc) is 3.53. The van der Waals surface area contributed by atoms with Crippen LogP contribution in [0.1, 0.15) is 16.1 Å². The SMILES string of the molecule is Cc1ccc(-n2ncc3c(NCCO)nc(N4CCN(C(=O)c5ccco5)CC4)nc32)cc1. The van der Waals surface area contributed by atoms with E-state index in [0.717, 1.165) is 16.6 Å². The second-order valence-electron chi connectivity index (χ2n) is 7.91. The molecule has 0 bridgehead atoms. The second-order valence-corrected chi connectivity index (χ2v) is 7.91. The molecule has 0 unspecified atom stereocenters. The highest BCUT2D eigenvalue weighted by molar-refractivity contribution is 5.91. The van der Waals surface area contributed by atoms with Gasteiger partial charge in [-0.05, 0) is 31.2 Å². The van der Waals surface area contributed by atoms with Crippen LogP contribution < -0.4 is 10.2 Å². The zero-order valence-corrected chi connectivity index (χ0v) is 18.3. The van der Waals surface area contributed by atoms with Crippen LogP contribution in [0, 0.1) is 6.92 Å². The van der Waals surface area contributed by atoms with Crippen molar-refractivity contribution in [2.45, 2.75) is 6.92 Å². The highest BCUT2D eigenvalue weighted by Gasteiger charge is 2.26. The minimum Gasteiger partial charge on any atom is -0.459 e. The summed E-state index contributed by atoms with van der Waals surface area (Å²) in [6, 6.07) is 11.5. The summed E-state index contributed by atoms with van der Waals surface area (Å²) in [6.45, 7) is 4.66. The third-order valence-corrected chi connectivity index (χ3v) is 5.68. The summed E-state index contributed by atoms with van der Waals surface area (Å²) in [7, 11) is 0. The molecule has 3 aromatic heterocycles. The van der Waals surface area contributed by atoms with Gasteiger partial charge >= 0.3 is 0 Å². The first-order valence-electron chi connectivity index (χ1n) is 10.9. The maximum atomic E-state index is 12.6. The number of nitrogens with one attached hydrogen (secondary N) is 1. The number of amides is 1. The number of hydrogen-bond donors (Lipinski definition) is 2. The molecule has 10 nitrogen and oxygen atoms in total. The Morgan fingerprint density at radius 2 is 1.91 bits per heavy atom. The zero-order valence-electron chi connectivity index (χ0n) is 18.3. The summed E-state index contributed by atoms with van der Waals surface area (Å²) in [5.74, 6) is 1.41. The molecule has 1 saturated heterocycles. The maximum Gasteiger partial charge on any atom is 0.289 e. The molecular weight excluding hydrogens is 422 g/mol. The lowest BCUT2D eigenvalue weighted by atomic mass is 10.2. The van der Waals surface area contributed by atoms with Gasteiger partial charge in [-0.15, -0.1) is 0 Å². The smallest absolute Gasteiger partial charge is 0.289 e. The predicted molar refractivity (Wildman–Crippen MR) is 124 cm³/mol. The maximum absolute atomic E-state index is 12.6. The number of aliphatic hydroxyl groups is 1. The fourth-order valence-electron chi connectivity index (χ4n) is 3.89. The minimum absolute atomic E-state index is 0.0134. The summed E-state index contributed by atoms with van der Waals surface area (Å²) in [4.78, 5) is 26.0. The molecule has 0 saturated carbocycles. The van der Waals surface area contributed by atoms with Crippen molar-refractivity contribution in [3.63, 3.8) is 0 Å². The predicted octanol–water partition coefficient (Wildman–Crippen LogP) is 2.08. The highest BCUT2D eigenvalue weighted by atomic mass is 16.3. The number of nitrogens with zero attached hydrogens (tertiary/aromatic N) is 6. The quantitative estimate of drug-likeness (QED) is 0.462. The van der Waals surface area contributed by atoms with Gasteiger partial charge in [0, 0.05) is 32.7 Å². The van der Waals surface area contributed by atoms with E-state index in [-0.39, 0.29) is 12.5 Å². The monoisotopic (exact) mass is 447 g/mol. The number of hydrogen-bond acceptors (Lipinski definition) is 8. The Morgan fingerprint density at radius 3 is 2.61 bits per heavy atom. The van der Waals surface area contributed by atoms with Crippen molar-refractivity contribution < 1.29 is 14.3 Å². The summed E-state index contributed by atoms with van der Waals surface area (Å²) in [6.07, 6.45) is 3.24. The molecule has 2 N–H and O–H groups in total. The van der Waals surface area contributed by atoms with Gasteiger partial charge in [-0.2, -0.15) is 15.1 Å². The van der Waals surface area contributed by atoms with E-state index in [2.05, 4.69) is 15.3 Å². The number of aromatic nitrogens is 4. The van der Waals surface area contributed by atoms with Crippen molar-refractivity contribution >= 4 is 28.7 Å². The highest BCUT2D eigenvalue weighted by Crippen LogP contribution is 2.26. The second kappa shape index (κ2) is 8.91. The van der Waals surface area contributed by atoms with Crippen LogP contribution in [0.4, 0.5) is 11.8 Å². The van der Waals surface area contributed by atoms with E-state index >= 15 is 0 Å². The van der Waals surface area contributed by atoms with E-state index in [1.807, 2.05) is 31.2 Å². The van der Waals surface area contributed by atoms with Crippen molar-refractivity contribution in [2.75, 3.05) is 49.5 Å². The molecule has 0 radical (unpaired) electrons. The summed E-state index contributed by atoms with van der Waals surface area (Å²) in [5.41, 5.74) is 2.75. The largest absolute Gasteiger partial charge is 0.459 e. The molecule has 4 aromatic rings. The molecule has 1 amide bonds. The van der Waals surface area contributed by atoms with Crippen molar-refractivity contribution in [3.05, 3.63) is 60.2 Å². The Balaban J connectivity index is 1.44. The molecule has 4 heterocycles. The number of aliphatic hydroxyl groups excluding tert-OH is 1. The van der Waals surface area contributed by atoms with Crippen molar-refractivity contribution in [1.82, 2.24) is 24.6 Å². The summed E-state index contributed by atoms with van der Waals surface area (Å²) >= 11 is 0. The number of fused-ring (bicyclic) bond motifs is 1. The van der Waals surface area contributed by atoms with Gasteiger partial charge in [0.2, 0.25) is 5.95 Å². The standard InChI is InChI=1S/C23H25N7O3/c1-16-4-6-17(7-5-16)30-21-18(15-25-30)20(24-8-13-31)26-23(27-21)29-11-9-28(10-12-29)22(32)19-3-2-14-33-19/h2-7,14-15,31H,8-13H2,1H3,(H,24,26,27). The topological polar surface area (TPSA) is 113 Å². The van der Waals surface area contributed by atoms with Gasteiger partial charge in [-0.1, -0.05) is 17.7 Å². The molecule has 5 rings (SSSR count). The first-order valence-corrected chi connectivity index (χ1v) is 10.9.